The SMILES string of the molecule is C[C@H](CC#N)[C@@H](NC(=O)c1ccc(-c2ccccc2)cc1)C(=O)O. The molecule has 0 aliphatic heterocycles. The number of aliphatic carboxylic acids is 1. The van der Waals surface area contributed by atoms with E-state index in [-0.39, 0.29) is 6.42 Å². The summed E-state index contributed by atoms with van der Waals surface area (Å²) in [5, 5.41) is 20.4. The summed E-state index contributed by atoms with van der Waals surface area (Å²) in [7, 11) is 0. The summed E-state index contributed by atoms with van der Waals surface area (Å²) in [6.45, 7) is 1.63. The van der Waals surface area contributed by atoms with Crippen molar-refractivity contribution >= 4 is 11.9 Å². The molecule has 0 saturated heterocycles. The number of carbonyl (C=O) groups excluding carboxylic acids is 1. The molecular weight excluding hydrogens is 304 g/mol. The first-order valence-electron chi connectivity index (χ1n) is 7.59. The molecule has 5 heteroatoms. The number of nitriles is 1. The second kappa shape index (κ2) is 7.93. The Kier molecular flexibility index (Phi) is 5.69. The summed E-state index contributed by atoms with van der Waals surface area (Å²) in [6, 6.07) is 17.5. The van der Waals surface area contributed by atoms with Crippen LogP contribution >= 0.6 is 0 Å². The monoisotopic (exact) mass is 322 g/mol. The van der Waals surface area contributed by atoms with Gasteiger partial charge in [-0.15, -0.1) is 0 Å². The molecule has 2 aromatic carbocycles. The smallest absolute Gasteiger partial charge is 0.326 e. The maximum absolute atomic E-state index is 12.3. The van der Waals surface area contributed by atoms with Crippen molar-refractivity contribution in [3.05, 3.63) is 60.2 Å². The van der Waals surface area contributed by atoms with Gasteiger partial charge in [0.2, 0.25) is 0 Å². The molecule has 2 N–H and O–H groups in total. The Hall–Kier alpha value is -3.13. The lowest BCUT2D eigenvalue weighted by Crippen LogP contribution is -2.45. The summed E-state index contributed by atoms with van der Waals surface area (Å²) in [5.74, 6) is -2.08. The molecule has 2 rings (SSSR count). The quantitative estimate of drug-likeness (QED) is 0.855. The Morgan fingerprint density at radius 2 is 1.67 bits per heavy atom. The van der Waals surface area contributed by atoms with Crippen molar-refractivity contribution in [1.82, 2.24) is 5.32 Å². The van der Waals surface area contributed by atoms with E-state index < -0.39 is 23.8 Å². The van der Waals surface area contributed by atoms with Crippen molar-refractivity contribution in [2.45, 2.75) is 19.4 Å². The summed E-state index contributed by atoms with van der Waals surface area (Å²) < 4.78 is 0. The first-order chi connectivity index (χ1) is 11.5. The number of nitrogens with one attached hydrogen (secondary N) is 1. The van der Waals surface area contributed by atoms with Gasteiger partial charge in [0.05, 0.1) is 6.07 Å². The van der Waals surface area contributed by atoms with Crippen LogP contribution in [0.5, 0.6) is 0 Å². The third kappa shape index (κ3) is 4.20. The molecule has 2 atom stereocenters. The number of rotatable bonds is 6. The topological polar surface area (TPSA) is 90.2 Å². The number of hydrogen-bond donors (Lipinski definition) is 2. The van der Waals surface area contributed by atoms with Gasteiger partial charge in [-0.3, -0.25) is 4.79 Å². The molecule has 0 spiro atoms. The molecule has 1 amide bonds. The van der Waals surface area contributed by atoms with Gasteiger partial charge in [0.15, 0.2) is 0 Å². The minimum atomic E-state index is -1.15. The van der Waals surface area contributed by atoms with Crippen molar-refractivity contribution in [2.75, 3.05) is 0 Å². The zero-order valence-corrected chi connectivity index (χ0v) is 13.3. The molecule has 0 radical (unpaired) electrons. The third-order valence-corrected chi connectivity index (χ3v) is 3.79. The van der Waals surface area contributed by atoms with E-state index in [1.165, 1.54) is 0 Å². The predicted octanol–water partition coefficient (Wildman–Crippen LogP) is 3.09. The van der Waals surface area contributed by atoms with Gasteiger partial charge in [-0.25, -0.2) is 4.79 Å². The van der Waals surface area contributed by atoms with Gasteiger partial charge in [-0.1, -0.05) is 49.4 Å². The molecule has 122 valence electrons. The Morgan fingerprint density at radius 1 is 1.08 bits per heavy atom. The largest absolute Gasteiger partial charge is 0.480 e. The summed E-state index contributed by atoms with van der Waals surface area (Å²) in [5.41, 5.74) is 2.39. The van der Waals surface area contributed by atoms with Crippen molar-refractivity contribution in [1.29, 1.82) is 5.26 Å². The maximum atomic E-state index is 12.3. The molecule has 5 nitrogen and oxygen atoms in total. The summed E-state index contributed by atoms with van der Waals surface area (Å²) >= 11 is 0. The first-order valence-corrected chi connectivity index (χ1v) is 7.59. The van der Waals surface area contributed by atoms with E-state index >= 15 is 0 Å². The summed E-state index contributed by atoms with van der Waals surface area (Å²) in [6.07, 6.45) is 0.0597. The lowest BCUT2D eigenvalue weighted by molar-refractivity contribution is -0.140. The van der Waals surface area contributed by atoms with Crippen LogP contribution < -0.4 is 5.32 Å². The fraction of sp³-hybridized carbons (Fsp3) is 0.211. The Balaban J connectivity index is 2.12. The highest BCUT2D eigenvalue weighted by atomic mass is 16.4. The molecule has 0 fully saturated rings. The number of benzene rings is 2. The molecule has 0 aliphatic rings. The molecule has 0 bridgehead atoms. The summed E-state index contributed by atoms with van der Waals surface area (Å²) in [4.78, 5) is 23.6. The highest BCUT2D eigenvalue weighted by Gasteiger charge is 2.26. The molecule has 0 heterocycles. The van der Waals surface area contributed by atoms with Crippen LogP contribution in [0, 0.1) is 17.2 Å². The maximum Gasteiger partial charge on any atom is 0.326 e. The van der Waals surface area contributed by atoms with Crippen molar-refractivity contribution in [2.24, 2.45) is 5.92 Å². The average Bonchev–Trinajstić information content (AvgIpc) is 2.60. The molecule has 2 aromatic rings. The van der Waals surface area contributed by atoms with E-state index in [4.69, 9.17) is 5.26 Å². The number of amides is 1. The van der Waals surface area contributed by atoms with Crippen LogP contribution in [0.15, 0.2) is 54.6 Å². The Morgan fingerprint density at radius 3 is 2.21 bits per heavy atom. The van der Waals surface area contributed by atoms with Gasteiger partial charge in [-0.2, -0.15) is 5.26 Å². The van der Waals surface area contributed by atoms with Crippen LogP contribution in [0.1, 0.15) is 23.7 Å². The third-order valence-electron chi connectivity index (χ3n) is 3.79. The second-order valence-electron chi connectivity index (χ2n) is 5.57. The fourth-order valence-corrected chi connectivity index (χ4v) is 2.38. The predicted molar refractivity (Wildman–Crippen MR) is 90.2 cm³/mol. The molecule has 0 aliphatic carbocycles. The minimum Gasteiger partial charge on any atom is -0.480 e. The van der Waals surface area contributed by atoms with E-state index in [1.54, 1.807) is 19.1 Å². The Bertz CT molecular complexity index is 748. The van der Waals surface area contributed by atoms with Gasteiger partial charge in [-0.05, 0) is 23.3 Å². The van der Waals surface area contributed by atoms with E-state index in [9.17, 15) is 14.7 Å². The average molecular weight is 322 g/mol. The van der Waals surface area contributed by atoms with Gasteiger partial charge in [0, 0.05) is 17.9 Å². The Labute approximate surface area is 140 Å². The zero-order valence-electron chi connectivity index (χ0n) is 13.3. The van der Waals surface area contributed by atoms with E-state index in [0.717, 1.165) is 11.1 Å². The number of carboxylic acid groups (broad SMARTS) is 1. The number of nitrogens with zero attached hydrogens (tertiary/aromatic N) is 1. The van der Waals surface area contributed by atoms with Gasteiger partial charge in [0.1, 0.15) is 6.04 Å². The minimum absolute atomic E-state index is 0.0597. The number of carboxylic acids is 1. The lowest BCUT2D eigenvalue weighted by Gasteiger charge is -2.19. The molecular formula is C19H18N2O3. The zero-order chi connectivity index (χ0) is 17.5. The van der Waals surface area contributed by atoms with Crippen LogP contribution in [0.3, 0.4) is 0 Å². The second-order valence-corrected chi connectivity index (χ2v) is 5.57. The standard InChI is InChI=1S/C19H18N2O3/c1-13(11-12-20)17(19(23)24)21-18(22)16-9-7-15(8-10-16)14-5-3-2-4-6-14/h2-10,13,17H,11H2,1H3,(H,21,22)(H,23,24)/t13-,17-/m1/s1. The first kappa shape index (κ1) is 17.2. The highest BCUT2D eigenvalue weighted by molar-refractivity contribution is 5.97. The normalized spacial score (nSPS) is 12.7. The van der Waals surface area contributed by atoms with Gasteiger partial charge in [0.25, 0.3) is 5.91 Å². The van der Waals surface area contributed by atoms with Crippen molar-refractivity contribution in [3.63, 3.8) is 0 Å². The van der Waals surface area contributed by atoms with Crippen molar-refractivity contribution in [3.8, 4) is 17.2 Å². The fourth-order valence-electron chi connectivity index (χ4n) is 2.38. The highest BCUT2D eigenvalue weighted by Crippen LogP contribution is 2.19. The van der Waals surface area contributed by atoms with E-state index in [1.807, 2.05) is 48.5 Å². The molecule has 24 heavy (non-hydrogen) atoms. The number of hydrogen-bond acceptors (Lipinski definition) is 3. The van der Waals surface area contributed by atoms with Crippen molar-refractivity contribution < 1.29 is 14.7 Å². The molecule has 0 unspecified atom stereocenters. The van der Waals surface area contributed by atoms with Crippen LogP contribution in [-0.4, -0.2) is 23.0 Å². The van der Waals surface area contributed by atoms with Crippen LogP contribution in [0.2, 0.25) is 0 Å². The van der Waals surface area contributed by atoms with Gasteiger partial charge < -0.3 is 10.4 Å². The van der Waals surface area contributed by atoms with Gasteiger partial charge >= 0.3 is 5.97 Å². The van der Waals surface area contributed by atoms with Crippen LogP contribution in [0.4, 0.5) is 0 Å². The molecule has 0 saturated carbocycles. The van der Waals surface area contributed by atoms with Crippen LogP contribution in [0.25, 0.3) is 11.1 Å². The number of carbonyl (C=O) groups is 2. The van der Waals surface area contributed by atoms with E-state index in [0.29, 0.717) is 5.56 Å². The molecule has 0 aromatic heterocycles. The van der Waals surface area contributed by atoms with E-state index in [2.05, 4.69) is 5.32 Å². The lowest BCUT2D eigenvalue weighted by atomic mass is 9.98. The van der Waals surface area contributed by atoms with Crippen LogP contribution in [-0.2, 0) is 4.79 Å².